The lowest BCUT2D eigenvalue weighted by molar-refractivity contribution is 0.0990. The number of anilines is 2. The normalized spacial score (nSPS) is 13.6. The molecule has 1 amide bonds. The van der Waals surface area contributed by atoms with Crippen molar-refractivity contribution in [2.75, 3.05) is 17.2 Å². The topological polar surface area (TPSA) is 59.5 Å². The third-order valence-corrected chi connectivity index (χ3v) is 3.98. The van der Waals surface area contributed by atoms with Crippen LogP contribution in [-0.4, -0.2) is 12.5 Å². The van der Waals surface area contributed by atoms with E-state index < -0.39 is 0 Å². The van der Waals surface area contributed by atoms with E-state index in [1.54, 1.807) is 4.90 Å². The van der Waals surface area contributed by atoms with E-state index in [0.29, 0.717) is 17.8 Å². The summed E-state index contributed by atoms with van der Waals surface area (Å²) in [5.41, 5.74) is 9.96. The number of amides is 1. The number of hydrogen-bond acceptors (Lipinski definition) is 3. The second-order valence-corrected chi connectivity index (χ2v) is 5.21. The molecule has 0 radical (unpaired) electrons. The number of fused-ring (bicyclic) bond motifs is 2. The first kappa shape index (κ1) is 12.0. The van der Waals surface area contributed by atoms with Gasteiger partial charge in [0.15, 0.2) is 0 Å². The highest BCUT2D eigenvalue weighted by atomic mass is 16.3. The standard InChI is InChI=1S/C17H14N2O2/c18-14-6-3-4-11-8-9-19(16(11)14)17(20)13-10-21-15-7-2-1-5-12(13)15/h1-7,10H,8-9,18H2. The number of carbonyl (C=O) groups is 1. The minimum atomic E-state index is -0.0587. The third-order valence-electron chi connectivity index (χ3n) is 3.98. The Morgan fingerprint density at radius 1 is 1.14 bits per heavy atom. The van der Waals surface area contributed by atoms with Crippen LogP contribution in [0.1, 0.15) is 15.9 Å². The first-order valence-electron chi connectivity index (χ1n) is 6.91. The van der Waals surface area contributed by atoms with Gasteiger partial charge in [0.05, 0.1) is 16.9 Å². The smallest absolute Gasteiger partial charge is 0.262 e. The molecule has 0 fully saturated rings. The summed E-state index contributed by atoms with van der Waals surface area (Å²) in [4.78, 5) is 14.6. The van der Waals surface area contributed by atoms with Crippen molar-refractivity contribution in [1.82, 2.24) is 0 Å². The molecule has 4 heteroatoms. The second kappa shape index (κ2) is 4.38. The summed E-state index contributed by atoms with van der Waals surface area (Å²) >= 11 is 0. The lowest BCUT2D eigenvalue weighted by Crippen LogP contribution is -2.29. The SMILES string of the molecule is Nc1cccc2c1N(C(=O)c1coc3ccccc13)CC2. The molecule has 4 rings (SSSR count). The number of carbonyl (C=O) groups excluding carboxylic acids is 1. The Morgan fingerprint density at radius 3 is 2.90 bits per heavy atom. The fourth-order valence-corrected chi connectivity index (χ4v) is 2.98. The van der Waals surface area contributed by atoms with E-state index in [-0.39, 0.29) is 5.91 Å². The highest BCUT2D eigenvalue weighted by Gasteiger charge is 2.29. The quantitative estimate of drug-likeness (QED) is 0.695. The summed E-state index contributed by atoms with van der Waals surface area (Å²) in [5.74, 6) is -0.0587. The summed E-state index contributed by atoms with van der Waals surface area (Å²) in [7, 11) is 0. The van der Waals surface area contributed by atoms with Crippen molar-refractivity contribution in [2.24, 2.45) is 0 Å². The van der Waals surface area contributed by atoms with E-state index in [2.05, 4.69) is 0 Å². The monoisotopic (exact) mass is 278 g/mol. The number of rotatable bonds is 1. The molecule has 104 valence electrons. The predicted molar refractivity (Wildman–Crippen MR) is 82.4 cm³/mol. The van der Waals surface area contributed by atoms with E-state index in [1.807, 2.05) is 42.5 Å². The Morgan fingerprint density at radius 2 is 2.00 bits per heavy atom. The van der Waals surface area contributed by atoms with Gasteiger partial charge in [-0.2, -0.15) is 0 Å². The van der Waals surface area contributed by atoms with Crippen molar-refractivity contribution in [3.05, 3.63) is 59.9 Å². The molecule has 0 saturated carbocycles. The van der Waals surface area contributed by atoms with Crippen LogP contribution in [0.4, 0.5) is 11.4 Å². The number of nitrogens with two attached hydrogens (primary N) is 1. The maximum absolute atomic E-state index is 12.8. The molecule has 2 aromatic carbocycles. The molecule has 2 N–H and O–H groups in total. The molecule has 0 bridgehead atoms. The number of benzene rings is 2. The van der Waals surface area contributed by atoms with Gasteiger partial charge < -0.3 is 15.1 Å². The zero-order valence-electron chi connectivity index (χ0n) is 11.4. The largest absolute Gasteiger partial charge is 0.463 e. The van der Waals surface area contributed by atoms with Gasteiger partial charge in [-0.1, -0.05) is 30.3 Å². The van der Waals surface area contributed by atoms with Crippen molar-refractivity contribution < 1.29 is 9.21 Å². The predicted octanol–water partition coefficient (Wildman–Crippen LogP) is 3.22. The zero-order valence-corrected chi connectivity index (χ0v) is 11.4. The molecule has 0 atom stereocenters. The molecule has 3 aromatic rings. The molecule has 0 aliphatic carbocycles. The van der Waals surface area contributed by atoms with E-state index in [4.69, 9.17) is 10.2 Å². The molecule has 4 nitrogen and oxygen atoms in total. The molecule has 2 heterocycles. The molecular weight excluding hydrogens is 264 g/mol. The van der Waals surface area contributed by atoms with Crippen LogP contribution in [0, 0.1) is 0 Å². The molecule has 1 aliphatic heterocycles. The van der Waals surface area contributed by atoms with Gasteiger partial charge in [-0.15, -0.1) is 0 Å². The van der Waals surface area contributed by atoms with Crippen LogP contribution in [0.5, 0.6) is 0 Å². The van der Waals surface area contributed by atoms with Crippen LogP contribution in [0.3, 0.4) is 0 Å². The molecular formula is C17H14N2O2. The Hall–Kier alpha value is -2.75. The summed E-state index contributed by atoms with van der Waals surface area (Å²) < 4.78 is 5.47. The van der Waals surface area contributed by atoms with Crippen molar-refractivity contribution in [2.45, 2.75) is 6.42 Å². The summed E-state index contributed by atoms with van der Waals surface area (Å²) in [6.45, 7) is 0.655. The van der Waals surface area contributed by atoms with Crippen LogP contribution in [-0.2, 0) is 6.42 Å². The Bertz CT molecular complexity index is 851. The van der Waals surface area contributed by atoms with Crippen LogP contribution < -0.4 is 10.6 Å². The summed E-state index contributed by atoms with van der Waals surface area (Å²) in [5, 5.41) is 0.838. The van der Waals surface area contributed by atoms with Crippen LogP contribution >= 0.6 is 0 Å². The van der Waals surface area contributed by atoms with Crippen LogP contribution in [0.25, 0.3) is 11.0 Å². The van der Waals surface area contributed by atoms with Gasteiger partial charge >= 0.3 is 0 Å². The highest BCUT2D eigenvalue weighted by Crippen LogP contribution is 2.35. The highest BCUT2D eigenvalue weighted by molar-refractivity contribution is 6.15. The fourth-order valence-electron chi connectivity index (χ4n) is 2.98. The number of hydrogen-bond donors (Lipinski definition) is 1. The number of nitrogens with zero attached hydrogens (tertiary/aromatic N) is 1. The van der Waals surface area contributed by atoms with Crippen molar-refractivity contribution >= 4 is 28.3 Å². The minimum Gasteiger partial charge on any atom is -0.463 e. The average Bonchev–Trinajstić information content (AvgIpc) is 3.11. The van der Waals surface area contributed by atoms with Crippen molar-refractivity contribution in [1.29, 1.82) is 0 Å². The van der Waals surface area contributed by atoms with Gasteiger partial charge in [0, 0.05) is 11.9 Å². The van der Waals surface area contributed by atoms with E-state index >= 15 is 0 Å². The van der Waals surface area contributed by atoms with Crippen LogP contribution in [0.2, 0.25) is 0 Å². The van der Waals surface area contributed by atoms with Gasteiger partial charge in [-0.25, -0.2) is 0 Å². The first-order chi connectivity index (χ1) is 10.3. The van der Waals surface area contributed by atoms with E-state index in [9.17, 15) is 4.79 Å². The van der Waals surface area contributed by atoms with E-state index in [0.717, 1.165) is 28.6 Å². The number of nitrogen functional groups attached to an aromatic ring is 1. The van der Waals surface area contributed by atoms with Crippen molar-refractivity contribution in [3.8, 4) is 0 Å². The molecule has 21 heavy (non-hydrogen) atoms. The van der Waals surface area contributed by atoms with Gasteiger partial charge in [0.2, 0.25) is 0 Å². The minimum absolute atomic E-state index is 0.0587. The van der Waals surface area contributed by atoms with Gasteiger partial charge in [0.1, 0.15) is 11.8 Å². The van der Waals surface area contributed by atoms with Crippen LogP contribution in [0.15, 0.2) is 53.1 Å². The zero-order chi connectivity index (χ0) is 14.4. The number of para-hydroxylation sites is 2. The molecule has 0 spiro atoms. The van der Waals surface area contributed by atoms with Crippen molar-refractivity contribution in [3.63, 3.8) is 0 Å². The second-order valence-electron chi connectivity index (χ2n) is 5.21. The summed E-state index contributed by atoms with van der Waals surface area (Å²) in [6, 6.07) is 13.3. The summed E-state index contributed by atoms with van der Waals surface area (Å²) in [6.07, 6.45) is 2.37. The Balaban J connectivity index is 1.81. The third kappa shape index (κ3) is 1.72. The first-order valence-corrected chi connectivity index (χ1v) is 6.91. The molecule has 1 aliphatic rings. The van der Waals surface area contributed by atoms with Gasteiger partial charge in [-0.05, 0) is 24.1 Å². The molecule has 0 unspecified atom stereocenters. The van der Waals surface area contributed by atoms with E-state index in [1.165, 1.54) is 6.26 Å². The average molecular weight is 278 g/mol. The van der Waals surface area contributed by atoms with Gasteiger partial charge in [0.25, 0.3) is 5.91 Å². The Kier molecular flexibility index (Phi) is 2.51. The number of furan rings is 1. The maximum Gasteiger partial charge on any atom is 0.262 e. The molecule has 1 aromatic heterocycles. The van der Waals surface area contributed by atoms with Gasteiger partial charge in [-0.3, -0.25) is 4.79 Å². The fraction of sp³-hybridized carbons (Fsp3) is 0.118. The Labute approximate surface area is 121 Å². The lowest BCUT2D eigenvalue weighted by Gasteiger charge is -2.18. The lowest BCUT2D eigenvalue weighted by atomic mass is 10.1. The maximum atomic E-state index is 12.8. The molecule has 0 saturated heterocycles.